The molecule has 1 aromatic rings. The van der Waals surface area contributed by atoms with Crippen LogP contribution in [-0.4, -0.2) is 23.1 Å². The smallest absolute Gasteiger partial charge is 0.173 e. The Balaban J connectivity index is 0.000000141. The predicted octanol–water partition coefficient (Wildman–Crippen LogP) is 1.33. The van der Waals surface area contributed by atoms with E-state index in [0.29, 0.717) is 0 Å². The average Bonchev–Trinajstić information content (AvgIpc) is 2.92. The summed E-state index contributed by atoms with van der Waals surface area (Å²) < 4.78 is 0. The molecule has 1 saturated heterocycles. The van der Waals surface area contributed by atoms with Crippen molar-refractivity contribution in [1.82, 2.24) is 16.0 Å². The summed E-state index contributed by atoms with van der Waals surface area (Å²) in [5.41, 5.74) is 5.87. The van der Waals surface area contributed by atoms with Crippen molar-refractivity contribution < 1.29 is 9.87 Å². The number of fused-ring (bicyclic) bond motifs is 1. The largest absolute Gasteiger partial charge is 0.382 e. The summed E-state index contributed by atoms with van der Waals surface area (Å²) in [6, 6.07) is 7.86. The van der Waals surface area contributed by atoms with Crippen molar-refractivity contribution in [3.63, 3.8) is 0 Å². The van der Waals surface area contributed by atoms with Gasteiger partial charge in [0.15, 0.2) is 10.8 Å². The third kappa shape index (κ3) is 4.14. The summed E-state index contributed by atoms with van der Waals surface area (Å²) in [5, 5.41) is 10.9. The quantitative estimate of drug-likeness (QED) is 0.619. The predicted molar refractivity (Wildman–Crippen MR) is 70.2 cm³/mol. The van der Waals surface area contributed by atoms with Gasteiger partial charge in [0, 0.05) is 24.9 Å². The molecule has 0 aromatic heterocycles. The molecule has 0 radical (unpaired) electrons. The van der Waals surface area contributed by atoms with Gasteiger partial charge in [0.2, 0.25) is 0 Å². The number of nitrogens with zero attached hydrogens (tertiary/aromatic N) is 2. The highest BCUT2D eigenvalue weighted by molar-refractivity contribution is 5.57. The van der Waals surface area contributed by atoms with Crippen LogP contribution in [0.15, 0.2) is 30.5 Å². The summed E-state index contributed by atoms with van der Waals surface area (Å²) in [6.45, 7) is 1.59. The second-order valence-corrected chi connectivity index (χ2v) is 4.14. The van der Waals surface area contributed by atoms with E-state index in [0.717, 1.165) is 37.2 Å². The molecule has 1 aromatic carbocycles. The monoisotopic (exact) mass is 264 g/mol. The Morgan fingerprint density at radius 2 is 2.05 bits per heavy atom. The summed E-state index contributed by atoms with van der Waals surface area (Å²) in [5.74, 6) is 0.880. The molecule has 1 fully saturated rings. The Bertz CT molecular complexity index is 458. The third-order valence-corrected chi connectivity index (χ3v) is 2.75. The van der Waals surface area contributed by atoms with Crippen LogP contribution in [-0.2, 0) is 0 Å². The van der Waals surface area contributed by atoms with Gasteiger partial charge in [-0.25, -0.2) is 15.6 Å². The van der Waals surface area contributed by atoms with E-state index in [2.05, 4.69) is 11.0 Å². The minimum absolute atomic E-state index is 0.522. The van der Waals surface area contributed by atoms with E-state index < -0.39 is 5.03 Å². The van der Waals surface area contributed by atoms with Crippen LogP contribution in [0.25, 0.3) is 6.08 Å². The number of nitrogens with one attached hydrogen (secondary N) is 2. The number of para-hydroxylation sites is 1. The van der Waals surface area contributed by atoms with E-state index in [4.69, 9.17) is 4.84 Å². The van der Waals surface area contributed by atoms with Gasteiger partial charge < -0.3 is 4.84 Å². The lowest BCUT2D eigenvalue weighted by Crippen LogP contribution is -2.39. The standard InChI is InChI=1S/C8H7NO.C4H9N3O2/c1-2-4-8-7(3-1)5-6-9-10-8;8-7(9)5-6-3-1-2-4-6/h1-6,9H;5H,1-4H2. The van der Waals surface area contributed by atoms with Crippen LogP contribution < -0.4 is 15.9 Å². The Labute approximate surface area is 110 Å². The lowest BCUT2D eigenvalue weighted by Gasteiger charge is -2.11. The van der Waals surface area contributed by atoms with Crippen LogP contribution >= 0.6 is 0 Å². The van der Waals surface area contributed by atoms with Gasteiger partial charge in [-0.2, -0.15) is 5.01 Å². The number of hydrogen-bond acceptors (Lipinski definition) is 5. The molecule has 102 valence electrons. The zero-order valence-corrected chi connectivity index (χ0v) is 10.4. The third-order valence-electron chi connectivity index (χ3n) is 2.75. The van der Waals surface area contributed by atoms with Gasteiger partial charge in [-0.15, -0.1) is 0 Å². The summed E-state index contributed by atoms with van der Waals surface area (Å²) in [4.78, 5) is 14.9. The molecule has 2 aliphatic heterocycles. The SMILES string of the molecule is C1=Cc2ccccc2ON1.O=[N+]([O-])NN1CCCC1. The highest BCUT2D eigenvalue weighted by atomic mass is 16.7. The van der Waals surface area contributed by atoms with Crippen molar-refractivity contribution in [1.29, 1.82) is 0 Å². The topological polar surface area (TPSA) is 79.7 Å². The number of hydroxylamine groups is 1. The molecule has 7 heteroatoms. The summed E-state index contributed by atoms with van der Waals surface area (Å²) >= 11 is 0. The molecule has 0 amide bonds. The molecule has 2 aliphatic rings. The summed E-state index contributed by atoms with van der Waals surface area (Å²) in [6.07, 6.45) is 5.85. The second-order valence-electron chi connectivity index (χ2n) is 4.14. The Hall–Kier alpha value is -2.28. The van der Waals surface area contributed by atoms with Crippen molar-refractivity contribution in [3.8, 4) is 5.75 Å². The van der Waals surface area contributed by atoms with E-state index in [1.807, 2.05) is 30.3 Å². The second kappa shape index (κ2) is 6.60. The van der Waals surface area contributed by atoms with Crippen molar-refractivity contribution in [3.05, 3.63) is 46.1 Å². The fourth-order valence-electron chi connectivity index (χ4n) is 1.87. The van der Waals surface area contributed by atoms with Gasteiger partial charge in [-0.1, -0.05) is 23.7 Å². The molecular weight excluding hydrogens is 248 g/mol. The molecule has 2 heterocycles. The molecule has 0 aliphatic carbocycles. The minimum atomic E-state index is -0.522. The zero-order valence-electron chi connectivity index (χ0n) is 10.4. The van der Waals surface area contributed by atoms with Crippen molar-refractivity contribution in [2.75, 3.05) is 13.1 Å². The lowest BCUT2D eigenvalue weighted by atomic mass is 10.2. The van der Waals surface area contributed by atoms with Gasteiger partial charge in [0.05, 0.1) is 0 Å². The van der Waals surface area contributed by atoms with E-state index in [9.17, 15) is 10.1 Å². The van der Waals surface area contributed by atoms with Gasteiger partial charge in [-0.3, -0.25) is 0 Å². The highest BCUT2D eigenvalue weighted by Gasteiger charge is 2.13. The van der Waals surface area contributed by atoms with Crippen molar-refractivity contribution in [2.45, 2.75) is 12.8 Å². The first-order valence-corrected chi connectivity index (χ1v) is 6.09. The number of nitro groups is 1. The number of benzene rings is 1. The van der Waals surface area contributed by atoms with Gasteiger partial charge in [-0.05, 0) is 25.0 Å². The minimum Gasteiger partial charge on any atom is -0.382 e. The maximum Gasteiger partial charge on any atom is 0.173 e. The molecular formula is C12H16N4O3. The molecule has 3 rings (SSSR count). The van der Waals surface area contributed by atoms with Gasteiger partial charge in [0.1, 0.15) is 0 Å². The van der Waals surface area contributed by atoms with Gasteiger partial charge in [0.25, 0.3) is 0 Å². The number of hydrazine groups is 2. The number of hydrogen-bond donors (Lipinski definition) is 2. The number of rotatable bonds is 2. The first-order chi connectivity index (χ1) is 9.25. The van der Waals surface area contributed by atoms with E-state index in [1.54, 1.807) is 11.2 Å². The molecule has 0 unspecified atom stereocenters. The van der Waals surface area contributed by atoms with E-state index >= 15 is 0 Å². The van der Waals surface area contributed by atoms with Crippen LogP contribution in [0.4, 0.5) is 0 Å². The average molecular weight is 264 g/mol. The molecule has 0 atom stereocenters. The van der Waals surface area contributed by atoms with Crippen LogP contribution in [0, 0.1) is 10.1 Å². The molecule has 0 saturated carbocycles. The van der Waals surface area contributed by atoms with Gasteiger partial charge >= 0.3 is 0 Å². The lowest BCUT2D eigenvalue weighted by molar-refractivity contribution is -0.577. The van der Waals surface area contributed by atoms with E-state index in [1.165, 1.54) is 0 Å². The van der Waals surface area contributed by atoms with Crippen molar-refractivity contribution >= 4 is 6.08 Å². The first-order valence-electron chi connectivity index (χ1n) is 6.09. The normalized spacial score (nSPS) is 16.4. The first kappa shape index (κ1) is 13.2. The fraction of sp³-hybridized carbons (Fsp3) is 0.333. The Kier molecular flexibility index (Phi) is 4.57. The van der Waals surface area contributed by atoms with Crippen LogP contribution in [0.5, 0.6) is 5.75 Å². The Morgan fingerprint density at radius 1 is 1.32 bits per heavy atom. The Morgan fingerprint density at radius 3 is 2.74 bits per heavy atom. The molecule has 19 heavy (non-hydrogen) atoms. The summed E-state index contributed by atoms with van der Waals surface area (Å²) in [7, 11) is 0. The van der Waals surface area contributed by atoms with E-state index in [-0.39, 0.29) is 0 Å². The molecule has 0 bridgehead atoms. The zero-order chi connectivity index (χ0) is 13.5. The van der Waals surface area contributed by atoms with Crippen LogP contribution in [0.3, 0.4) is 0 Å². The van der Waals surface area contributed by atoms with Crippen molar-refractivity contribution in [2.24, 2.45) is 0 Å². The molecule has 0 spiro atoms. The molecule has 7 nitrogen and oxygen atoms in total. The maximum atomic E-state index is 9.81. The van der Waals surface area contributed by atoms with Crippen LogP contribution in [0.2, 0.25) is 0 Å². The van der Waals surface area contributed by atoms with Crippen LogP contribution in [0.1, 0.15) is 18.4 Å². The molecule has 2 N–H and O–H groups in total. The highest BCUT2D eigenvalue weighted by Crippen LogP contribution is 2.20. The fourth-order valence-corrected chi connectivity index (χ4v) is 1.87. The maximum absolute atomic E-state index is 9.81.